The zero-order valence-electron chi connectivity index (χ0n) is 16.8. The molecule has 4 rings (SSSR count). The molecule has 7 heteroatoms. The van der Waals surface area contributed by atoms with E-state index in [2.05, 4.69) is 0 Å². The number of aliphatic carboxylic acids is 1. The van der Waals surface area contributed by atoms with Crippen LogP contribution >= 0.6 is 35.6 Å². The van der Waals surface area contributed by atoms with Gasteiger partial charge in [-0.25, -0.2) is 4.79 Å². The van der Waals surface area contributed by atoms with Gasteiger partial charge in [-0.1, -0.05) is 91.2 Å². The quantitative estimate of drug-likeness (QED) is 0.413. The first-order valence-corrected chi connectivity index (χ1v) is 11.9. The number of thiocarbonyl (C=S) groups is 1. The molecule has 4 nitrogen and oxygen atoms in total. The van der Waals surface area contributed by atoms with Gasteiger partial charge in [0.05, 0.1) is 4.91 Å². The largest absolute Gasteiger partial charge is 0.480 e. The zero-order valence-corrected chi connectivity index (χ0v) is 19.2. The lowest BCUT2D eigenvalue weighted by Crippen LogP contribution is -2.48. The minimum Gasteiger partial charge on any atom is -0.480 e. The van der Waals surface area contributed by atoms with Crippen molar-refractivity contribution in [3.05, 3.63) is 64.0 Å². The van der Waals surface area contributed by atoms with Gasteiger partial charge >= 0.3 is 5.97 Å². The smallest absolute Gasteiger partial charge is 0.327 e. The van der Waals surface area contributed by atoms with Gasteiger partial charge in [0.15, 0.2) is 0 Å². The van der Waals surface area contributed by atoms with Crippen molar-refractivity contribution in [1.29, 1.82) is 0 Å². The van der Waals surface area contributed by atoms with Crippen LogP contribution in [0.25, 0.3) is 17.2 Å². The molecule has 0 aromatic heterocycles. The molecule has 2 aliphatic rings. The summed E-state index contributed by atoms with van der Waals surface area (Å²) in [7, 11) is 0. The molecule has 2 aromatic carbocycles. The zero-order chi connectivity index (χ0) is 22.0. The second kappa shape index (κ2) is 9.55. The fraction of sp³-hybridized carbons (Fsp3) is 0.292. The Morgan fingerprint density at radius 3 is 2.48 bits per heavy atom. The molecule has 1 amide bonds. The van der Waals surface area contributed by atoms with Crippen LogP contribution in [-0.4, -0.2) is 32.2 Å². The van der Waals surface area contributed by atoms with E-state index >= 15 is 0 Å². The summed E-state index contributed by atoms with van der Waals surface area (Å²) < 4.78 is 0.324. The van der Waals surface area contributed by atoms with Crippen LogP contribution in [0.5, 0.6) is 0 Å². The number of amides is 1. The minimum atomic E-state index is -0.977. The molecule has 2 fully saturated rings. The number of carboxylic acids is 1. The number of hydrogen-bond donors (Lipinski definition) is 1. The average molecular weight is 472 g/mol. The second-order valence-electron chi connectivity index (χ2n) is 7.87. The number of thioether (sulfide) groups is 1. The Kier molecular flexibility index (Phi) is 6.80. The number of benzene rings is 2. The lowest BCUT2D eigenvalue weighted by atomic mass is 9.83. The van der Waals surface area contributed by atoms with E-state index in [1.54, 1.807) is 6.08 Å². The molecule has 1 saturated heterocycles. The molecule has 160 valence electrons. The molecule has 2 aromatic rings. The van der Waals surface area contributed by atoms with Crippen LogP contribution in [-0.2, 0) is 9.59 Å². The van der Waals surface area contributed by atoms with Gasteiger partial charge < -0.3 is 5.11 Å². The molecule has 1 aliphatic heterocycles. The lowest BCUT2D eigenvalue weighted by Gasteiger charge is -2.32. The maximum atomic E-state index is 13.1. The van der Waals surface area contributed by atoms with Crippen LogP contribution in [0.3, 0.4) is 0 Å². The van der Waals surface area contributed by atoms with Gasteiger partial charge in [0, 0.05) is 5.02 Å². The third kappa shape index (κ3) is 4.86. The first-order chi connectivity index (χ1) is 14.9. The van der Waals surface area contributed by atoms with E-state index in [1.807, 2.05) is 48.5 Å². The Balaban J connectivity index is 1.55. The number of carboxylic acid groups (broad SMARTS) is 1. The molecular formula is C24H22ClNO3S2. The Bertz CT molecular complexity index is 1050. The predicted octanol–water partition coefficient (Wildman–Crippen LogP) is 6.24. The van der Waals surface area contributed by atoms with Crippen LogP contribution in [0.2, 0.25) is 5.02 Å². The topological polar surface area (TPSA) is 57.6 Å². The van der Waals surface area contributed by atoms with E-state index in [0.717, 1.165) is 48.8 Å². The molecule has 0 bridgehead atoms. The molecule has 0 unspecified atom stereocenters. The lowest BCUT2D eigenvalue weighted by molar-refractivity contribution is -0.147. The number of hydrogen-bond acceptors (Lipinski definition) is 4. The SMILES string of the molecule is O=C(O)[C@H](C1CCCCC1)N1C(=O)/C(=C/c2ccc(-c3cccc(Cl)c3)cc2)SC1=S. The van der Waals surface area contributed by atoms with Crippen LogP contribution in [0, 0.1) is 5.92 Å². The van der Waals surface area contributed by atoms with Crippen LogP contribution < -0.4 is 0 Å². The fourth-order valence-corrected chi connectivity index (χ4v) is 5.80. The first kappa shape index (κ1) is 22.1. The summed E-state index contributed by atoms with van der Waals surface area (Å²) in [6, 6.07) is 14.5. The maximum Gasteiger partial charge on any atom is 0.327 e. The molecular weight excluding hydrogens is 450 g/mol. The Morgan fingerprint density at radius 2 is 1.84 bits per heavy atom. The summed E-state index contributed by atoms with van der Waals surface area (Å²) in [5.74, 6) is -1.34. The van der Waals surface area contributed by atoms with Crippen molar-refractivity contribution in [3.8, 4) is 11.1 Å². The third-order valence-corrected chi connectivity index (χ3v) is 7.38. The Morgan fingerprint density at radius 1 is 1.13 bits per heavy atom. The van der Waals surface area contributed by atoms with Crippen LogP contribution in [0.1, 0.15) is 37.7 Å². The monoisotopic (exact) mass is 471 g/mol. The van der Waals surface area contributed by atoms with E-state index in [1.165, 1.54) is 16.7 Å². The van der Waals surface area contributed by atoms with Gasteiger partial charge in [-0.2, -0.15) is 0 Å². The summed E-state index contributed by atoms with van der Waals surface area (Å²) in [4.78, 5) is 26.9. The van der Waals surface area contributed by atoms with Gasteiger partial charge in [0.25, 0.3) is 5.91 Å². The van der Waals surface area contributed by atoms with Crippen molar-refractivity contribution in [3.63, 3.8) is 0 Å². The second-order valence-corrected chi connectivity index (χ2v) is 9.98. The molecule has 0 spiro atoms. The standard InChI is InChI=1S/C24H22ClNO3S2/c25-19-8-4-7-18(14-19)16-11-9-15(10-12-16)13-20-22(27)26(24(30)31-20)21(23(28)29)17-5-2-1-3-6-17/h4,7-14,17,21H,1-3,5-6H2,(H,28,29)/b20-13-/t21-/m0/s1. The Hall–Kier alpha value is -2.15. The summed E-state index contributed by atoms with van der Waals surface area (Å²) in [5, 5.41) is 10.5. The molecule has 1 aliphatic carbocycles. The van der Waals surface area contributed by atoms with Crippen LogP contribution in [0.15, 0.2) is 53.4 Å². The highest BCUT2D eigenvalue weighted by Crippen LogP contribution is 2.38. The highest BCUT2D eigenvalue weighted by Gasteiger charge is 2.44. The van der Waals surface area contributed by atoms with Gasteiger partial charge in [0.1, 0.15) is 10.4 Å². The molecule has 1 atom stereocenters. The summed E-state index contributed by atoms with van der Waals surface area (Å²) in [6.07, 6.45) is 6.53. The van der Waals surface area contributed by atoms with Crippen molar-refractivity contribution in [2.45, 2.75) is 38.1 Å². The van der Waals surface area contributed by atoms with Gasteiger partial charge in [-0.3, -0.25) is 9.69 Å². The average Bonchev–Trinajstić information content (AvgIpc) is 3.03. The van der Waals surface area contributed by atoms with E-state index < -0.39 is 12.0 Å². The molecule has 0 radical (unpaired) electrons. The molecule has 1 N–H and O–H groups in total. The fourth-order valence-electron chi connectivity index (χ4n) is 4.28. The molecule has 1 saturated carbocycles. The van der Waals surface area contributed by atoms with Crippen molar-refractivity contribution in [2.75, 3.05) is 0 Å². The summed E-state index contributed by atoms with van der Waals surface area (Å²) >= 11 is 12.7. The minimum absolute atomic E-state index is 0.0509. The number of rotatable bonds is 5. The molecule has 1 heterocycles. The number of carbonyl (C=O) groups is 2. The van der Waals surface area contributed by atoms with Crippen molar-refractivity contribution in [2.24, 2.45) is 5.92 Å². The first-order valence-electron chi connectivity index (χ1n) is 10.3. The van der Waals surface area contributed by atoms with E-state index in [4.69, 9.17) is 23.8 Å². The van der Waals surface area contributed by atoms with Crippen molar-refractivity contribution < 1.29 is 14.7 Å². The third-order valence-electron chi connectivity index (χ3n) is 5.82. The summed E-state index contributed by atoms with van der Waals surface area (Å²) in [5.41, 5.74) is 2.90. The number of carbonyl (C=O) groups excluding carboxylic acids is 1. The van der Waals surface area contributed by atoms with Gasteiger partial charge in [0.2, 0.25) is 0 Å². The highest BCUT2D eigenvalue weighted by molar-refractivity contribution is 8.26. The van der Waals surface area contributed by atoms with Crippen molar-refractivity contribution >= 4 is 57.9 Å². The van der Waals surface area contributed by atoms with Gasteiger partial charge in [-0.05, 0) is 53.7 Å². The molecule has 31 heavy (non-hydrogen) atoms. The van der Waals surface area contributed by atoms with Crippen molar-refractivity contribution in [1.82, 2.24) is 4.90 Å². The number of nitrogens with zero attached hydrogens (tertiary/aromatic N) is 1. The van der Waals surface area contributed by atoms with E-state index in [9.17, 15) is 14.7 Å². The predicted molar refractivity (Wildman–Crippen MR) is 130 cm³/mol. The maximum absolute atomic E-state index is 13.1. The Labute approximate surface area is 196 Å². The van der Waals surface area contributed by atoms with E-state index in [0.29, 0.717) is 14.2 Å². The summed E-state index contributed by atoms with van der Waals surface area (Å²) in [6.45, 7) is 0. The van der Waals surface area contributed by atoms with E-state index in [-0.39, 0.29) is 11.8 Å². The number of halogens is 1. The van der Waals surface area contributed by atoms with Crippen LogP contribution in [0.4, 0.5) is 0 Å². The van der Waals surface area contributed by atoms with Gasteiger partial charge in [-0.15, -0.1) is 0 Å². The normalized spacial score (nSPS) is 19.8. The highest BCUT2D eigenvalue weighted by atomic mass is 35.5.